The van der Waals surface area contributed by atoms with E-state index < -0.39 is 0 Å². The molecule has 0 unspecified atom stereocenters. The Morgan fingerprint density at radius 2 is 2.12 bits per heavy atom. The second-order valence-corrected chi connectivity index (χ2v) is 3.46. The highest BCUT2D eigenvalue weighted by Gasteiger charge is 2.13. The fraction of sp³-hybridized carbons (Fsp3) is 0.385. The molecule has 0 aliphatic heterocycles. The van der Waals surface area contributed by atoms with E-state index in [4.69, 9.17) is 10.00 Å². The third-order valence-corrected chi connectivity index (χ3v) is 2.37. The molecule has 1 aromatic rings. The van der Waals surface area contributed by atoms with Crippen molar-refractivity contribution in [3.05, 3.63) is 28.8 Å². The second-order valence-electron chi connectivity index (χ2n) is 3.46. The van der Waals surface area contributed by atoms with Crippen molar-refractivity contribution in [2.24, 2.45) is 0 Å². The predicted octanol–water partition coefficient (Wildman–Crippen LogP) is 2.72. The molecule has 16 heavy (non-hydrogen) atoms. The molecular weight excluding hydrogens is 202 g/mol. The van der Waals surface area contributed by atoms with Crippen molar-refractivity contribution in [3.8, 4) is 11.8 Å². The number of ether oxygens (including phenoxy) is 1. The van der Waals surface area contributed by atoms with Crippen molar-refractivity contribution in [2.75, 3.05) is 6.61 Å². The molecule has 0 saturated heterocycles. The van der Waals surface area contributed by atoms with Gasteiger partial charge in [-0.05, 0) is 32.4 Å². The first-order chi connectivity index (χ1) is 7.63. The summed E-state index contributed by atoms with van der Waals surface area (Å²) >= 11 is 0. The fourth-order valence-corrected chi connectivity index (χ4v) is 1.67. The number of rotatable bonds is 4. The highest BCUT2D eigenvalue weighted by Crippen LogP contribution is 2.26. The lowest BCUT2D eigenvalue weighted by atomic mass is 9.98. The Hall–Kier alpha value is -1.82. The zero-order valence-corrected chi connectivity index (χ0v) is 9.83. The van der Waals surface area contributed by atoms with Gasteiger partial charge in [0, 0.05) is 11.1 Å². The van der Waals surface area contributed by atoms with Gasteiger partial charge in [-0.2, -0.15) is 5.26 Å². The summed E-state index contributed by atoms with van der Waals surface area (Å²) in [5.41, 5.74) is 1.93. The number of hydrogen-bond donors (Lipinski definition) is 0. The molecule has 1 aromatic carbocycles. The van der Waals surface area contributed by atoms with Crippen LogP contribution in [0.15, 0.2) is 12.1 Å². The quantitative estimate of drug-likeness (QED) is 0.728. The lowest BCUT2D eigenvalue weighted by Crippen LogP contribution is -2.04. The summed E-state index contributed by atoms with van der Waals surface area (Å²) in [5, 5.41) is 8.88. The summed E-state index contributed by atoms with van der Waals surface area (Å²) in [6.45, 7) is 5.88. The van der Waals surface area contributed by atoms with Gasteiger partial charge in [-0.3, -0.25) is 4.79 Å². The van der Waals surface area contributed by atoms with Crippen LogP contribution in [-0.2, 0) is 6.42 Å². The molecule has 0 atom stereocenters. The molecule has 0 fully saturated rings. The highest BCUT2D eigenvalue weighted by atomic mass is 16.5. The van der Waals surface area contributed by atoms with Gasteiger partial charge in [-0.25, -0.2) is 0 Å². The molecule has 3 heteroatoms. The van der Waals surface area contributed by atoms with Gasteiger partial charge < -0.3 is 4.74 Å². The molecule has 84 valence electrons. The number of nitrogens with zero attached hydrogens (tertiary/aromatic N) is 1. The van der Waals surface area contributed by atoms with Gasteiger partial charge in [0.25, 0.3) is 0 Å². The van der Waals surface area contributed by atoms with E-state index in [9.17, 15) is 4.79 Å². The standard InChI is InChI=1S/C13H15NO2/c1-4-11-12(9(3)15)6-10(8-14)7-13(11)16-5-2/h6-7H,4-5H2,1-3H3. The Labute approximate surface area is 95.7 Å². The van der Waals surface area contributed by atoms with Crippen molar-refractivity contribution in [2.45, 2.75) is 27.2 Å². The largest absolute Gasteiger partial charge is 0.494 e. The van der Waals surface area contributed by atoms with Crippen molar-refractivity contribution in [3.63, 3.8) is 0 Å². The molecule has 0 aromatic heterocycles. The average molecular weight is 217 g/mol. The molecule has 0 saturated carbocycles. The van der Waals surface area contributed by atoms with E-state index in [0.717, 1.165) is 12.0 Å². The molecule has 0 N–H and O–H groups in total. The van der Waals surface area contributed by atoms with Gasteiger partial charge in [0.1, 0.15) is 5.75 Å². The normalized spacial score (nSPS) is 9.62. The topological polar surface area (TPSA) is 50.1 Å². The number of carbonyl (C=O) groups excluding carboxylic acids is 1. The number of hydrogen-bond acceptors (Lipinski definition) is 3. The van der Waals surface area contributed by atoms with Crippen LogP contribution in [0, 0.1) is 11.3 Å². The first-order valence-corrected chi connectivity index (χ1v) is 5.34. The SMILES string of the molecule is CCOc1cc(C#N)cc(C(C)=O)c1CC. The summed E-state index contributed by atoms with van der Waals surface area (Å²) in [6.07, 6.45) is 0.718. The minimum Gasteiger partial charge on any atom is -0.494 e. The summed E-state index contributed by atoms with van der Waals surface area (Å²) in [6, 6.07) is 5.36. The van der Waals surface area contributed by atoms with Crippen molar-refractivity contribution >= 4 is 5.78 Å². The molecule has 3 nitrogen and oxygen atoms in total. The molecule has 1 rings (SSSR count). The van der Waals surface area contributed by atoms with Crippen LogP contribution in [0.1, 0.15) is 42.3 Å². The molecule has 0 aliphatic rings. The Kier molecular flexibility index (Phi) is 4.07. The fourth-order valence-electron chi connectivity index (χ4n) is 1.67. The van der Waals surface area contributed by atoms with Crippen molar-refractivity contribution in [1.29, 1.82) is 5.26 Å². The number of Topliss-reactive ketones (excluding diaryl/α,β-unsaturated/α-hetero) is 1. The van der Waals surface area contributed by atoms with E-state index in [1.165, 1.54) is 6.92 Å². The average Bonchev–Trinajstić information content (AvgIpc) is 2.28. The minimum atomic E-state index is -0.0325. The van der Waals surface area contributed by atoms with Crippen LogP contribution in [0.25, 0.3) is 0 Å². The van der Waals surface area contributed by atoms with E-state index in [0.29, 0.717) is 23.5 Å². The Morgan fingerprint density at radius 3 is 2.56 bits per heavy atom. The van der Waals surface area contributed by atoms with Crippen LogP contribution in [0.5, 0.6) is 5.75 Å². The molecule has 0 bridgehead atoms. The summed E-state index contributed by atoms with van der Waals surface area (Å²) < 4.78 is 5.46. The van der Waals surface area contributed by atoms with E-state index >= 15 is 0 Å². The number of carbonyl (C=O) groups is 1. The Bertz CT molecular complexity index is 444. The van der Waals surface area contributed by atoms with E-state index in [2.05, 4.69) is 0 Å². The third-order valence-electron chi connectivity index (χ3n) is 2.37. The Balaban J connectivity index is 3.41. The van der Waals surface area contributed by atoms with Crippen molar-refractivity contribution < 1.29 is 9.53 Å². The van der Waals surface area contributed by atoms with E-state index in [-0.39, 0.29) is 5.78 Å². The second kappa shape index (κ2) is 5.32. The maximum absolute atomic E-state index is 11.5. The number of nitriles is 1. The van der Waals surface area contributed by atoms with Gasteiger partial charge in [0.15, 0.2) is 5.78 Å². The van der Waals surface area contributed by atoms with E-state index in [1.54, 1.807) is 12.1 Å². The van der Waals surface area contributed by atoms with Gasteiger partial charge in [-0.1, -0.05) is 6.92 Å². The van der Waals surface area contributed by atoms with Crippen LogP contribution in [0.3, 0.4) is 0 Å². The lowest BCUT2D eigenvalue weighted by Gasteiger charge is -2.12. The Morgan fingerprint density at radius 1 is 1.44 bits per heavy atom. The predicted molar refractivity (Wildman–Crippen MR) is 61.7 cm³/mol. The van der Waals surface area contributed by atoms with Crippen LogP contribution in [-0.4, -0.2) is 12.4 Å². The van der Waals surface area contributed by atoms with Gasteiger partial charge >= 0.3 is 0 Å². The number of benzene rings is 1. The zero-order valence-electron chi connectivity index (χ0n) is 9.83. The van der Waals surface area contributed by atoms with Crippen molar-refractivity contribution in [1.82, 2.24) is 0 Å². The zero-order chi connectivity index (χ0) is 12.1. The van der Waals surface area contributed by atoms with Crippen LogP contribution in [0.4, 0.5) is 0 Å². The summed E-state index contributed by atoms with van der Waals surface area (Å²) in [7, 11) is 0. The van der Waals surface area contributed by atoms with Gasteiger partial charge in [0.2, 0.25) is 0 Å². The monoisotopic (exact) mass is 217 g/mol. The lowest BCUT2D eigenvalue weighted by molar-refractivity contribution is 0.101. The minimum absolute atomic E-state index is 0.0325. The van der Waals surface area contributed by atoms with Gasteiger partial charge in [-0.15, -0.1) is 0 Å². The summed E-state index contributed by atoms with van der Waals surface area (Å²) in [4.78, 5) is 11.5. The van der Waals surface area contributed by atoms with Crippen LogP contribution >= 0.6 is 0 Å². The molecular formula is C13H15NO2. The maximum Gasteiger partial charge on any atom is 0.160 e. The highest BCUT2D eigenvalue weighted by molar-refractivity contribution is 5.96. The smallest absolute Gasteiger partial charge is 0.160 e. The molecule has 0 radical (unpaired) electrons. The van der Waals surface area contributed by atoms with E-state index in [1.807, 2.05) is 19.9 Å². The summed E-state index contributed by atoms with van der Waals surface area (Å²) in [5.74, 6) is 0.615. The van der Waals surface area contributed by atoms with Crippen LogP contribution in [0.2, 0.25) is 0 Å². The first kappa shape index (κ1) is 12.3. The third kappa shape index (κ3) is 2.40. The molecule has 0 aliphatic carbocycles. The maximum atomic E-state index is 11.5. The van der Waals surface area contributed by atoms with Gasteiger partial charge in [0.05, 0.1) is 18.2 Å². The molecule has 0 spiro atoms. The molecule has 0 heterocycles. The molecule has 0 amide bonds. The first-order valence-electron chi connectivity index (χ1n) is 5.34. The van der Waals surface area contributed by atoms with Crippen LogP contribution < -0.4 is 4.74 Å². The number of ketones is 1.